The number of rotatable bonds is 5. The number of ketones is 1. The second-order valence-corrected chi connectivity index (χ2v) is 8.74. The zero-order valence-corrected chi connectivity index (χ0v) is 19.5. The van der Waals surface area contributed by atoms with Crippen molar-refractivity contribution in [3.63, 3.8) is 0 Å². The Balaban J connectivity index is 1.79. The number of amides is 1. The second kappa shape index (κ2) is 8.84. The number of aliphatic hydroxyl groups excluding tert-OH is 1. The topological polar surface area (TPSA) is 89.0 Å². The van der Waals surface area contributed by atoms with Gasteiger partial charge in [-0.05, 0) is 24.3 Å². The summed E-state index contributed by atoms with van der Waals surface area (Å²) >= 11 is 1.07. The van der Waals surface area contributed by atoms with Crippen molar-refractivity contribution in [2.45, 2.75) is 6.04 Å². The van der Waals surface area contributed by atoms with E-state index in [4.69, 9.17) is 9.47 Å². The Kier molecular flexibility index (Phi) is 5.70. The van der Waals surface area contributed by atoms with E-state index in [-0.39, 0.29) is 16.5 Å². The van der Waals surface area contributed by atoms with E-state index in [1.807, 2.05) is 0 Å². The van der Waals surface area contributed by atoms with Crippen LogP contribution in [-0.2, 0) is 9.59 Å². The van der Waals surface area contributed by atoms with Gasteiger partial charge in [0.05, 0.1) is 30.0 Å². The van der Waals surface area contributed by atoms with Crippen LogP contribution < -0.4 is 14.4 Å². The van der Waals surface area contributed by atoms with E-state index >= 15 is 0 Å². The molecule has 0 saturated carbocycles. The maximum absolute atomic E-state index is 13.8. The Morgan fingerprint density at radius 2 is 1.80 bits per heavy atom. The van der Waals surface area contributed by atoms with Gasteiger partial charge in [0.25, 0.3) is 5.78 Å². The molecule has 5 rings (SSSR count). The highest BCUT2D eigenvalue weighted by Crippen LogP contribution is 2.48. The van der Waals surface area contributed by atoms with Gasteiger partial charge in [-0.25, -0.2) is 9.37 Å². The number of nitrogens with zero attached hydrogens (tertiary/aromatic N) is 2. The largest absolute Gasteiger partial charge is 0.507 e. The molecule has 0 bridgehead atoms. The summed E-state index contributed by atoms with van der Waals surface area (Å²) in [6, 6.07) is 16.6. The lowest BCUT2D eigenvalue weighted by atomic mass is 9.94. The SMILES string of the molecule is COc1cccc([C@@H]2/C(=C(\O)c3ccccc3)C(=O)C(=O)N2c2nc3ccc(F)cc3s2)c1OC. The van der Waals surface area contributed by atoms with Gasteiger partial charge in [-0.1, -0.05) is 53.8 Å². The van der Waals surface area contributed by atoms with E-state index in [0.717, 1.165) is 11.3 Å². The first-order valence-electron chi connectivity index (χ1n) is 10.6. The van der Waals surface area contributed by atoms with Crippen molar-refractivity contribution < 1.29 is 28.6 Å². The summed E-state index contributed by atoms with van der Waals surface area (Å²) in [5.41, 5.74) is 1.17. The average Bonchev–Trinajstić information content (AvgIpc) is 3.41. The van der Waals surface area contributed by atoms with Crippen molar-refractivity contribution in [1.82, 2.24) is 4.98 Å². The van der Waals surface area contributed by atoms with Crippen LogP contribution in [0.2, 0.25) is 0 Å². The Labute approximate surface area is 203 Å². The molecular formula is C26H19FN2O5S. The van der Waals surface area contributed by atoms with Crippen molar-refractivity contribution in [3.05, 3.63) is 89.2 Å². The molecule has 0 aliphatic carbocycles. The molecule has 176 valence electrons. The number of ether oxygens (including phenoxy) is 2. The van der Waals surface area contributed by atoms with Crippen LogP contribution in [0.1, 0.15) is 17.2 Å². The number of anilines is 1. The number of aromatic nitrogens is 1. The maximum atomic E-state index is 13.8. The normalized spacial score (nSPS) is 17.2. The summed E-state index contributed by atoms with van der Waals surface area (Å²) in [5.74, 6) is -1.80. The molecule has 9 heteroatoms. The molecule has 4 aromatic rings. The molecule has 0 radical (unpaired) electrons. The molecule has 1 aliphatic heterocycles. The molecule has 7 nitrogen and oxygen atoms in total. The van der Waals surface area contributed by atoms with Gasteiger partial charge >= 0.3 is 5.91 Å². The molecule has 1 atom stereocenters. The fourth-order valence-corrected chi connectivity index (χ4v) is 5.21. The Morgan fingerprint density at radius 1 is 1.03 bits per heavy atom. The van der Waals surface area contributed by atoms with Gasteiger partial charge in [0, 0.05) is 11.1 Å². The lowest BCUT2D eigenvalue weighted by Gasteiger charge is -2.25. The molecule has 35 heavy (non-hydrogen) atoms. The quantitative estimate of drug-likeness (QED) is 0.239. The molecule has 1 aliphatic rings. The lowest BCUT2D eigenvalue weighted by molar-refractivity contribution is -0.132. The number of hydrogen-bond acceptors (Lipinski definition) is 7. The van der Waals surface area contributed by atoms with Gasteiger partial charge in [-0.15, -0.1) is 0 Å². The summed E-state index contributed by atoms with van der Waals surface area (Å²) in [4.78, 5) is 32.4. The number of thiazole rings is 1. The van der Waals surface area contributed by atoms with Gasteiger partial charge in [-0.2, -0.15) is 0 Å². The Bertz CT molecular complexity index is 1500. The summed E-state index contributed by atoms with van der Waals surface area (Å²) in [7, 11) is 2.93. The van der Waals surface area contributed by atoms with Crippen LogP contribution >= 0.6 is 11.3 Å². The van der Waals surface area contributed by atoms with Gasteiger partial charge in [0.2, 0.25) is 0 Å². The molecule has 2 heterocycles. The van der Waals surface area contributed by atoms with Gasteiger partial charge in [0.1, 0.15) is 17.6 Å². The number of halogens is 1. The van der Waals surface area contributed by atoms with Crippen LogP contribution in [0.25, 0.3) is 16.0 Å². The number of benzene rings is 3. The highest BCUT2D eigenvalue weighted by molar-refractivity contribution is 7.22. The van der Waals surface area contributed by atoms with E-state index < -0.39 is 23.5 Å². The Hall–Kier alpha value is -4.24. The first-order valence-corrected chi connectivity index (χ1v) is 11.4. The van der Waals surface area contributed by atoms with Crippen molar-refractivity contribution in [1.29, 1.82) is 0 Å². The predicted octanol–water partition coefficient (Wildman–Crippen LogP) is 5.08. The zero-order chi connectivity index (χ0) is 24.7. The van der Waals surface area contributed by atoms with Crippen LogP contribution in [0.15, 0.2) is 72.3 Å². The first kappa shape index (κ1) is 22.5. The zero-order valence-electron chi connectivity index (χ0n) is 18.7. The summed E-state index contributed by atoms with van der Waals surface area (Å²) < 4.78 is 25.4. The molecule has 0 spiro atoms. The molecule has 3 aromatic carbocycles. The van der Waals surface area contributed by atoms with Crippen molar-refractivity contribution >= 4 is 44.1 Å². The number of Topliss-reactive ketones (excluding diaryl/α,β-unsaturated/α-hetero) is 1. The first-order chi connectivity index (χ1) is 16.9. The Morgan fingerprint density at radius 3 is 2.51 bits per heavy atom. The van der Waals surface area contributed by atoms with Crippen LogP contribution in [-0.4, -0.2) is 36.0 Å². The van der Waals surface area contributed by atoms with Gasteiger partial charge < -0.3 is 14.6 Å². The number of methoxy groups -OCH3 is 2. The smallest absolute Gasteiger partial charge is 0.301 e. The second-order valence-electron chi connectivity index (χ2n) is 7.73. The standard InChI is InChI=1S/C26H19FN2O5S/c1-33-18-10-6-9-16(24(18)34-2)21-20(22(30)14-7-4-3-5-8-14)23(31)25(32)29(21)26-28-17-12-11-15(27)13-19(17)35-26/h3-13,21,30H,1-2H3/b22-20+/t21-/m1/s1. The predicted molar refractivity (Wildman–Crippen MR) is 130 cm³/mol. The van der Waals surface area contributed by atoms with Crippen molar-refractivity contribution in [2.75, 3.05) is 19.1 Å². The third-order valence-corrected chi connectivity index (χ3v) is 6.78. The van der Waals surface area contributed by atoms with E-state index in [0.29, 0.717) is 32.8 Å². The van der Waals surface area contributed by atoms with Crippen LogP contribution in [0.3, 0.4) is 0 Å². The number of para-hydroxylation sites is 1. The van der Waals surface area contributed by atoms with E-state index in [1.165, 1.54) is 37.3 Å². The lowest BCUT2D eigenvalue weighted by Crippen LogP contribution is -2.29. The fourth-order valence-electron chi connectivity index (χ4n) is 4.19. The summed E-state index contributed by atoms with van der Waals surface area (Å²) in [5, 5.41) is 11.4. The van der Waals surface area contributed by atoms with Crippen molar-refractivity contribution in [2.24, 2.45) is 0 Å². The minimum Gasteiger partial charge on any atom is -0.507 e. The molecular weight excluding hydrogens is 471 g/mol. The van der Waals surface area contributed by atoms with Crippen LogP contribution in [0, 0.1) is 5.82 Å². The van der Waals surface area contributed by atoms with Gasteiger partial charge in [-0.3, -0.25) is 14.5 Å². The highest BCUT2D eigenvalue weighted by Gasteiger charge is 2.49. The number of fused-ring (bicyclic) bond motifs is 1. The maximum Gasteiger partial charge on any atom is 0.301 e. The molecule has 1 fully saturated rings. The number of hydrogen-bond donors (Lipinski definition) is 1. The van der Waals surface area contributed by atoms with Crippen LogP contribution in [0.5, 0.6) is 11.5 Å². The summed E-state index contributed by atoms with van der Waals surface area (Å²) in [6.07, 6.45) is 0. The molecule has 0 unspecified atom stereocenters. The van der Waals surface area contributed by atoms with Crippen LogP contribution in [0.4, 0.5) is 9.52 Å². The third kappa shape index (κ3) is 3.70. The molecule has 1 aromatic heterocycles. The molecule has 1 saturated heterocycles. The minimum atomic E-state index is -1.06. The molecule has 1 N–H and O–H groups in total. The number of aliphatic hydroxyl groups is 1. The number of carbonyl (C=O) groups excluding carboxylic acids is 2. The average molecular weight is 491 g/mol. The van der Waals surface area contributed by atoms with Gasteiger partial charge in [0.15, 0.2) is 16.6 Å². The van der Waals surface area contributed by atoms with E-state index in [9.17, 15) is 19.1 Å². The molecule has 1 amide bonds. The summed E-state index contributed by atoms with van der Waals surface area (Å²) in [6.45, 7) is 0. The monoisotopic (exact) mass is 490 g/mol. The number of carbonyl (C=O) groups is 2. The third-order valence-electron chi connectivity index (χ3n) is 5.76. The minimum absolute atomic E-state index is 0.113. The van der Waals surface area contributed by atoms with Crippen molar-refractivity contribution in [3.8, 4) is 11.5 Å². The van der Waals surface area contributed by atoms with E-state index in [2.05, 4.69) is 4.98 Å². The fraction of sp³-hybridized carbons (Fsp3) is 0.115. The highest BCUT2D eigenvalue weighted by atomic mass is 32.1. The van der Waals surface area contributed by atoms with E-state index in [1.54, 1.807) is 48.5 Å².